The zero-order valence-corrected chi connectivity index (χ0v) is 9.59. The van der Waals surface area contributed by atoms with Gasteiger partial charge in [0, 0.05) is 25.9 Å². The molecule has 1 atom stereocenters. The number of rotatable bonds is 4. The van der Waals surface area contributed by atoms with Crippen molar-refractivity contribution in [1.29, 1.82) is 5.41 Å². The number of hydrogen-bond donors (Lipinski definition) is 2. The Morgan fingerprint density at radius 3 is 2.87 bits per heavy atom. The van der Waals surface area contributed by atoms with Gasteiger partial charge in [-0.05, 0) is 0 Å². The first kappa shape index (κ1) is 12.4. The average molecular weight is 235 g/mol. The van der Waals surface area contributed by atoms with E-state index in [9.17, 15) is 8.42 Å². The molecule has 1 unspecified atom stereocenters. The highest BCUT2D eigenvalue weighted by Crippen LogP contribution is 2.04. The van der Waals surface area contributed by atoms with E-state index in [2.05, 4.69) is 0 Å². The molecule has 1 aliphatic rings. The Kier molecular flexibility index (Phi) is 4.06. The van der Waals surface area contributed by atoms with Crippen LogP contribution >= 0.6 is 0 Å². The van der Waals surface area contributed by atoms with Crippen molar-refractivity contribution in [1.82, 2.24) is 4.90 Å². The third-order valence-electron chi connectivity index (χ3n) is 2.28. The summed E-state index contributed by atoms with van der Waals surface area (Å²) in [7, 11) is -2.93. The summed E-state index contributed by atoms with van der Waals surface area (Å²) in [4.78, 5) is 1.95. The van der Waals surface area contributed by atoms with Gasteiger partial charge in [0.2, 0.25) is 0 Å². The van der Waals surface area contributed by atoms with Crippen LogP contribution in [0.5, 0.6) is 0 Å². The summed E-state index contributed by atoms with van der Waals surface area (Å²) in [6.45, 7) is 2.17. The van der Waals surface area contributed by atoms with Gasteiger partial charge in [-0.3, -0.25) is 10.3 Å². The summed E-state index contributed by atoms with van der Waals surface area (Å²) in [5.74, 6) is 0.136. The van der Waals surface area contributed by atoms with Crippen molar-refractivity contribution in [3.63, 3.8) is 0 Å². The number of sulfone groups is 1. The van der Waals surface area contributed by atoms with Gasteiger partial charge in [-0.25, -0.2) is 8.42 Å². The first-order valence-corrected chi connectivity index (χ1v) is 6.80. The first-order valence-electron chi connectivity index (χ1n) is 4.74. The van der Waals surface area contributed by atoms with Crippen LogP contribution in [0.1, 0.15) is 0 Å². The fourth-order valence-electron chi connectivity index (χ4n) is 1.39. The Morgan fingerprint density at radius 1 is 1.67 bits per heavy atom. The molecule has 0 aromatic carbocycles. The first-order chi connectivity index (χ1) is 6.88. The molecule has 15 heavy (non-hydrogen) atoms. The molecule has 0 saturated carbocycles. The van der Waals surface area contributed by atoms with Crippen molar-refractivity contribution >= 4 is 15.7 Å². The lowest BCUT2D eigenvalue weighted by molar-refractivity contribution is 0.00815. The Bertz CT molecular complexity index is 328. The topological polar surface area (TPSA) is 96.5 Å². The molecule has 1 saturated heterocycles. The van der Waals surface area contributed by atoms with E-state index in [-0.39, 0.29) is 11.6 Å². The molecule has 3 N–H and O–H groups in total. The number of morpholine rings is 1. The largest absolute Gasteiger partial charge is 0.385 e. The standard InChI is InChI=1S/C8H17N3O3S/c1-15(12,13)5-3-11-2-4-14-7(6-11)8(9)10/h7H,2-6H2,1H3,(H3,9,10). The number of amidine groups is 1. The summed E-state index contributed by atoms with van der Waals surface area (Å²) >= 11 is 0. The van der Waals surface area contributed by atoms with Crippen LogP contribution in [-0.2, 0) is 14.6 Å². The molecule has 0 aromatic rings. The predicted octanol–water partition coefficient (Wildman–Crippen LogP) is -1.33. The van der Waals surface area contributed by atoms with Gasteiger partial charge in [-0.1, -0.05) is 0 Å². The molecular weight excluding hydrogens is 218 g/mol. The van der Waals surface area contributed by atoms with Gasteiger partial charge in [0.05, 0.1) is 12.4 Å². The Morgan fingerprint density at radius 2 is 2.33 bits per heavy atom. The minimum atomic E-state index is -2.93. The molecule has 1 fully saturated rings. The molecule has 0 amide bonds. The van der Waals surface area contributed by atoms with Crippen LogP contribution in [0.15, 0.2) is 0 Å². The van der Waals surface area contributed by atoms with E-state index in [1.54, 1.807) is 0 Å². The van der Waals surface area contributed by atoms with Crippen LogP contribution in [0.3, 0.4) is 0 Å². The molecule has 0 bridgehead atoms. The highest BCUT2D eigenvalue weighted by molar-refractivity contribution is 7.90. The molecule has 1 aliphatic heterocycles. The average Bonchev–Trinajstić information content (AvgIpc) is 2.14. The maximum atomic E-state index is 11.0. The number of ether oxygens (including phenoxy) is 1. The van der Waals surface area contributed by atoms with Crippen LogP contribution in [0.4, 0.5) is 0 Å². The van der Waals surface area contributed by atoms with Crippen molar-refractivity contribution in [2.45, 2.75) is 6.10 Å². The maximum Gasteiger partial charge on any atom is 0.148 e. The van der Waals surface area contributed by atoms with Crippen molar-refractivity contribution in [3.8, 4) is 0 Å². The van der Waals surface area contributed by atoms with Gasteiger partial charge < -0.3 is 10.5 Å². The number of nitrogens with two attached hydrogens (primary N) is 1. The quantitative estimate of drug-likeness (QED) is 0.465. The van der Waals surface area contributed by atoms with Gasteiger partial charge >= 0.3 is 0 Å². The minimum absolute atomic E-state index is 0.000874. The van der Waals surface area contributed by atoms with Crippen LogP contribution in [0.25, 0.3) is 0 Å². The Hall–Kier alpha value is -0.660. The Labute approximate surface area is 89.8 Å². The summed E-state index contributed by atoms with van der Waals surface area (Å²) in [6, 6.07) is 0. The van der Waals surface area contributed by atoms with E-state index >= 15 is 0 Å². The van der Waals surface area contributed by atoms with Crippen LogP contribution < -0.4 is 5.73 Å². The zero-order valence-electron chi connectivity index (χ0n) is 8.77. The van der Waals surface area contributed by atoms with E-state index in [0.717, 1.165) is 0 Å². The smallest absolute Gasteiger partial charge is 0.148 e. The van der Waals surface area contributed by atoms with Crippen LogP contribution in [0, 0.1) is 5.41 Å². The lowest BCUT2D eigenvalue weighted by atomic mass is 10.2. The number of nitrogens with zero attached hydrogens (tertiary/aromatic N) is 1. The summed E-state index contributed by atoms with van der Waals surface area (Å²) in [5.41, 5.74) is 5.32. The predicted molar refractivity (Wildman–Crippen MR) is 57.8 cm³/mol. The molecule has 0 aliphatic carbocycles. The molecule has 88 valence electrons. The summed E-state index contributed by atoms with van der Waals surface area (Å²) in [6.07, 6.45) is 0.828. The van der Waals surface area contributed by atoms with E-state index < -0.39 is 15.9 Å². The molecule has 7 heteroatoms. The van der Waals surface area contributed by atoms with Crippen LogP contribution in [0.2, 0.25) is 0 Å². The lowest BCUT2D eigenvalue weighted by Gasteiger charge is -2.31. The molecule has 6 nitrogen and oxygen atoms in total. The third-order valence-corrected chi connectivity index (χ3v) is 3.20. The molecule has 1 heterocycles. The second-order valence-corrected chi connectivity index (χ2v) is 6.01. The van der Waals surface area contributed by atoms with E-state index in [1.165, 1.54) is 6.26 Å². The number of hydrogen-bond acceptors (Lipinski definition) is 5. The van der Waals surface area contributed by atoms with Crippen molar-refractivity contribution in [2.24, 2.45) is 5.73 Å². The van der Waals surface area contributed by atoms with Crippen molar-refractivity contribution in [2.75, 3.05) is 38.2 Å². The third kappa shape index (κ3) is 4.59. The van der Waals surface area contributed by atoms with Crippen molar-refractivity contribution in [3.05, 3.63) is 0 Å². The highest BCUT2D eigenvalue weighted by Gasteiger charge is 2.22. The van der Waals surface area contributed by atoms with Gasteiger partial charge in [0.25, 0.3) is 0 Å². The second kappa shape index (κ2) is 4.91. The molecule has 0 aromatic heterocycles. The fraction of sp³-hybridized carbons (Fsp3) is 0.875. The Balaban J connectivity index is 2.40. The lowest BCUT2D eigenvalue weighted by Crippen LogP contribution is -2.49. The van der Waals surface area contributed by atoms with Gasteiger partial charge in [-0.2, -0.15) is 0 Å². The highest BCUT2D eigenvalue weighted by atomic mass is 32.2. The summed E-state index contributed by atoms with van der Waals surface area (Å²) < 4.78 is 27.2. The summed E-state index contributed by atoms with van der Waals surface area (Å²) in [5, 5.41) is 7.24. The number of nitrogens with one attached hydrogen (secondary N) is 1. The van der Waals surface area contributed by atoms with E-state index in [0.29, 0.717) is 26.2 Å². The van der Waals surface area contributed by atoms with Gasteiger partial charge in [0.1, 0.15) is 21.8 Å². The second-order valence-electron chi connectivity index (χ2n) is 3.75. The molecular formula is C8H17N3O3S. The zero-order chi connectivity index (χ0) is 11.5. The molecule has 0 spiro atoms. The van der Waals surface area contributed by atoms with E-state index in [1.807, 2.05) is 4.90 Å². The molecule has 1 rings (SSSR count). The van der Waals surface area contributed by atoms with Gasteiger partial charge in [0.15, 0.2) is 0 Å². The van der Waals surface area contributed by atoms with Gasteiger partial charge in [-0.15, -0.1) is 0 Å². The normalized spacial score (nSPS) is 23.9. The fourth-order valence-corrected chi connectivity index (χ4v) is 1.98. The minimum Gasteiger partial charge on any atom is -0.385 e. The molecule has 0 radical (unpaired) electrons. The van der Waals surface area contributed by atoms with Crippen LogP contribution in [-0.4, -0.2) is 63.5 Å². The van der Waals surface area contributed by atoms with E-state index in [4.69, 9.17) is 15.9 Å². The SMILES string of the molecule is CS(=O)(=O)CCN1CCOC(C(=N)N)C1. The maximum absolute atomic E-state index is 11.0. The van der Waals surface area contributed by atoms with Crippen molar-refractivity contribution < 1.29 is 13.2 Å². The monoisotopic (exact) mass is 235 g/mol.